The van der Waals surface area contributed by atoms with Crippen LogP contribution in [0.4, 0.5) is 8.78 Å². The minimum atomic E-state index is -2.93. The van der Waals surface area contributed by atoms with Crippen molar-refractivity contribution in [2.75, 3.05) is 20.2 Å². The Balaban J connectivity index is 2.19. The summed E-state index contributed by atoms with van der Waals surface area (Å²) in [6.45, 7) is 2.73. The molecule has 2 atom stereocenters. The van der Waals surface area contributed by atoms with Gasteiger partial charge in [0.15, 0.2) is 11.5 Å². The normalized spacial score (nSPS) is 21.8. The van der Waals surface area contributed by atoms with E-state index in [1.54, 1.807) is 4.90 Å². The lowest BCUT2D eigenvalue weighted by Crippen LogP contribution is -2.42. The molecule has 1 amide bonds. The number of alkyl halides is 2. The lowest BCUT2D eigenvalue weighted by molar-refractivity contribution is -0.0512. The van der Waals surface area contributed by atoms with Gasteiger partial charge in [-0.15, -0.1) is 0 Å². The molecule has 122 valence electrons. The van der Waals surface area contributed by atoms with E-state index in [1.807, 2.05) is 0 Å². The first kappa shape index (κ1) is 16.5. The van der Waals surface area contributed by atoms with Crippen molar-refractivity contribution < 1.29 is 23.0 Å². The van der Waals surface area contributed by atoms with Gasteiger partial charge in [0.2, 0.25) is 0 Å². The molecule has 0 aliphatic carbocycles. The van der Waals surface area contributed by atoms with Crippen molar-refractivity contribution in [1.82, 2.24) is 4.90 Å². The van der Waals surface area contributed by atoms with E-state index in [4.69, 9.17) is 4.74 Å². The van der Waals surface area contributed by atoms with Gasteiger partial charge in [0.05, 0.1) is 7.11 Å². The molecule has 1 heterocycles. The molecule has 1 aliphatic heterocycles. The zero-order valence-corrected chi connectivity index (χ0v) is 13.0. The smallest absolute Gasteiger partial charge is 0.387 e. The van der Waals surface area contributed by atoms with Crippen LogP contribution in [0.25, 0.3) is 0 Å². The highest BCUT2D eigenvalue weighted by molar-refractivity contribution is 5.95. The number of nitrogens with zero attached hydrogens (tertiary/aromatic N) is 1. The molecule has 1 aromatic carbocycles. The third kappa shape index (κ3) is 3.87. The number of halogens is 2. The van der Waals surface area contributed by atoms with Crippen LogP contribution in [0.3, 0.4) is 0 Å². The summed E-state index contributed by atoms with van der Waals surface area (Å²) in [6, 6.07) is 4.28. The number of benzene rings is 1. The molecule has 0 radical (unpaired) electrons. The molecule has 1 fully saturated rings. The van der Waals surface area contributed by atoms with Gasteiger partial charge in [-0.25, -0.2) is 0 Å². The number of piperidine rings is 1. The second kappa shape index (κ2) is 6.94. The number of rotatable bonds is 4. The van der Waals surface area contributed by atoms with E-state index in [0.717, 1.165) is 6.42 Å². The maximum absolute atomic E-state index is 12.6. The first-order valence-electron chi connectivity index (χ1n) is 7.32. The molecule has 0 aromatic heterocycles. The average molecular weight is 313 g/mol. The Labute approximate surface area is 129 Å². The fraction of sp³-hybridized carbons (Fsp3) is 0.562. The Morgan fingerprint density at radius 1 is 1.23 bits per heavy atom. The van der Waals surface area contributed by atoms with Crippen molar-refractivity contribution in [3.63, 3.8) is 0 Å². The van der Waals surface area contributed by atoms with Gasteiger partial charge in [-0.2, -0.15) is 8.78 Å². The third-order valence-corrected chi connectivity index (χ3v) is 3.78. The van der Waals surface area contributed by atoms with Crippen LogP contribution in [0.15, 0.2) is 18.2 Å². The largest absolute Gasteiger partial charge is 0.493 e. The SMILES string of the molecule is COc1cc(C(=O)N2CC(C)CC(C)C2)ccc1OC(F)F. The van der Waals surface area contributed by atoms with Crippen LogP contribution in [0.2, 0.25) is 0 Å². The number of ether oxygens (including phenoxy) is 2. The van der Waals surface area contributed by atoms with E-state index in [2.05, 4.69) is 18.6 Å². The Hall–Kier alpha value is -1.85. The Kier molecular flexibility index (Phi) is 5.21. The molecule has 1 saturated heterocycles. The van der Waals surface area contributed by atoms with Crippen LogP contribution >= 0.6 is 0 Å². The molecule has 0 bridgehead atoms. The molecule has 1 aromatic rings. The summed E-state index contributed by atoms with van der Waals surface area (Å²) in [5.74, 6) is 0.853. The van der Waals surface area contributed by atoms with Crippen molar-refractivity contribution >= 4 is 5.91 Å². The number of hydrogen-bond acceptors (Lipinski definition) is 3. The second-order valence-corrected chi connectivity index (χ2v) is 5.90. The molecule has 0 saturated carbocycles. The van der Waals surface area contributed by atoms with Crippen molar-refractivity contribution in [1.29, 1.82) is 0 Å². The number of hydrogen-bond donors (Lipinski definition) is 0. The first-order chi connectivity index (χ1) is 10.4. The Bertz CT molecular complexity index is 526. The highest BCUT2D eigenvalue weighted by Crippen LogP contribution is 2.30. The van der Waals surface area contributed by atoms with Gasteiger partial charge >= 0.3 is 6.61 Å². The summed E-state index contributed by atoms with van der Waals surface area (Å²) in [5.41, 5.74) is 0.416. The van der Waals surface area contributed by atoms with Gasteiger partial charge in [0.1, 0.15) is 0 Å². The topological polar surface area (TPSA) is 38.8 Å². The van der Waals surface area contributed by atoms with Crippen molar-refractivity contribution in [2.45, 2.75) is 26.9 Å². The molecule has 2 rings (SSSR count). The Morgan fingerprint density at radius 3 is 2.41 bits per heavy atom. The summed E-state index contributed by atoms with van der Waals surface area (Å²) in [6.07, 6.45) is 1.11. The van der Waals surface area contributed by atoms with Gasteiger partial charge in [0.25, 0.3) is 5.91 Å². The molecule has 0 N–H and O–H groups in total. The van der Waals surface area contributed by atoms with Gasteiger partial charge < -0.3 is 14.4 Å². The van der Waals surface area contributed by atoms with Crippen LogP contribution < -0.4 is 9.47 Å². The maximum atomic E-state index is 12.6. The zero-order valence-electron chi connectivity index (χ0n) is 13.0. The molecular weight excluding hydrogens is 292 g/mol. The molecule has 2 unspecified atom stereocenters. The van der Waals surface area contributed by atoms with Crippen molar-refractivity contribution in [3.8, 4) is 11.5 Å². The van der Waals surface area contributed by atoms with Crippen LogP contribution in [-0.4, -0.2) is 37.6 Å². The standard InChI is InChI=1S/C16H21F2NO3/c1-10-6-11(2)9-19(8-10)15(20)12-4-5-13(22-16(17)18)14(7-12)21-3/h4-5,7,10-11,16H,6,8-9H2,1-3H3. The molecule has 1 aliphatic rings. The average Bonchev–Trinajstić information content (AvgIpc) is 2.45. The number of carbonyl (C=O) groups is 1. The summed E-state index contributed by atoms with van der Waals surface area (Å²) < 4.78 is 34.0. The van der Waals surface area contributed by atoms with E-state index >= 15 is 0 Å². The fourth-order valence-electron chi connectivity index (χ4n) is 3.01. The zero-order chi connectivity index (χ0) is 16.3. The predicted octanol–water partition coefficient (Wildman–Crippen LogP) is 3.41. The molecule has 0 spiro atoms. The number of carbonyl (C=O) groups excluding carboxylic acids is 1. The van der Waals surface area contributed by atoms with Gasteiger partial charge in [-0.05, 0) is 36.5 Å². The molecule has 6 heteroatoms. The number of likely N-dealkylation sites (tertiary alicyclic amines) is 1. The summed E-state index contributed by atoms with van der Waals surface area (Å²) >= 11 is 0. The van der Waals surface area contributed by atoms with Crippen molar-refractivity contribution in [2.24, 2.45) is 11.8 Å². The summed E-state index contributed by atoms with van der Waals surface area (Å²) in [5, 5.41) is 0. The highest BCUT2D eigenvalue weighted by Gasteiger charge is 2.26. The number of amides is 1. The maximum Gasteiger partial charge on any atom is 0.387 e. The lowest BCUT2D eigenvalue weighted by atomic mass is 9.91. The van der Waals surface area contributed by atoms with E-state index in [9.17, 15) is 13.6 Å². The van der Waals surface area contributed by atoms with Gasteiger partial charge in [0, 0.05) is 18.7 Å². The summed E-state index contributed by atoms with van der Waals surface area (Å²) in [7, 11) is 1.35. The van der Waals surface area contributed by atoms with Gasteiger partial charge in [-0.1, -0.05) is 13.8 Å². The van der Waals surface area contributed by atoms with Gasteiger partial charge in [-0.3, -0.25) is 4.79 Å². The number of methoxy groups -OCH3 is 1. The van der Waals surface area contributed by atoms with Crippen molar-refractivity contribution in [3.05, 3.63) is 23.8 Å². The fourth-order valence-corrected chi connectivity index (χ4v) is 3.01. The second-order valence-electron chi connectivity index (χ2n) is 5.90. The first-order valence-corrected chi connectivity index (χ1v) is 7.32. The minimum Gasteiger partial charge on any atom is -0.493 e. The van der Waals surface area contributed by atoms with Crippen LogP contribution in [0.5, 0.6) is 11.5 Å². The predicted molar refractivity (Wildman–Crippen MR) is 78.5 cm³/mol. The Morgan fingerprint density at radius 2 is 1.86 bits per heavy atom. The molecule has 22 heavy (non-hydrogen) atoms. The van der Waals surface area contributed by atoms with E-state index in [-0.39, 0.29) is 17.4 Å². The van der Waals surface area contributed by atoms with Crippen LogP contribution in [0, 0.1) is 11.8 Å². The van der Waals surface area contributed by atoms with E-state index < -0.39 is 6.61 Å². The summed E-state index contributed by atoms with van der Waals surface area (Å²) in [4.78, 5) is 14.4. The highest BCUT2D eigenvalue weighted by atomic mass is 19.3. The third-order valence-electron chi connectivity index (χ3n) is 3.78. The van der Waals surface area contributed by atoms with E-state index in [1.165, 1.54) is 25.3 Å². The monoisotopic (exact) mass is 313 g/mol. The van der Waals surface area contributed by atoms with Crippen LogP contribution in [0.1, 0.15) is 30.6 Å². The lowest BCUT2D eigenvalue weighted by Gasteiger charge is -2.35. The molecular formula is C16H21F2NO3. The van der Waals surface area contributed by atoms with E-state index in [0.29, 0.717) is 30.5 Å². The van der Waals surface area contributed by atoms with Crippen LogP contribution in [-0.2, 0) is 0 Å². The molecule has 4 nitrogen and oxygen atoms in total. The minimum absolute atomic E-state index is 0.0746. The quantitative estimate of drug-likeness (QED) is 0.855.